The van der Waals surface area contributed by atoms with Gasteiger partial charge in [0.1, 0.15) is 5.54 Å². The van der Waals surface area contributed by atoms with Crippen molar-refractivity contribution in [2.75, 3.05) is 18.6 Å². The molecular formula is C37H43N3O5S3. The molecule has 1 spiro atoms. The number of thiophene rings is 2. The fourth-order valence-electron chi connectivity index (χ4n) is 6.82. The maximum atomic E-state index is 13.2. The number of nitrogens with one attached hydrogen (secondary N) is 2. The molecule has 2 aromatic carbocycles. The van der Waals surface area contributed by atoms with Gasteiger partial charge in [-0.1, -0.05) is 74.9 Å². The van der Waals surface area contributed by atoms with E-state index in [0.29, 0.717) is 30.0 Å². The van der Waals surface area contributed by atoms with Crippen LogP contribution < -0.4 is 10.6 Å². The first kappa shape index (κ1) is 34.6. The lowest BCUT2D eigenvalue weighted by atomic mass is 9.80. The summed E-state index contributed by atoms with van der Waals surface area (Å²) >= 11 is 4.77. The van der Waals surface area contributed by atoms with Gasteiger partial charge in [-0.15, -0.1) is 22.7 Å². The third-order valence-corrected chi connectivity index (χ3v) is 12.4. The molecular weight excluding hydrogens is 663 g/mol. The van der Waals surface area contributed by atoms with Gasteiger partial charge in [-0.05, 0) is 79.2 Å². The second-order valence-electron chi connectivity index (χ2n) is 12.9. The van der Waals surface area contributed by atoms with Gasteiger partial charge < -0.3 is 20.5 Å². The van der Waals surface area contributed by atoms with E-state index in [1.807, 2.05) is 48.7 Å². The number of ether oxygens (including phenoxy) is 1. The van der Waals surface area contributed by atoms with Gasteiger partial charge in [0.2, 0.25) is 11.8 Å². The number of nitrogens with zero attached hydrogens (tertiary/aromatic N) is 1. The highest BCUT2D eigenvalue weighted by atomic mass is 32.2. The number of esters is 1. The Hall–Kier alpha value is -3.25. The topological polar surface area (TPSA) is 117 Å². The number of hydrogen-bond acceptors (Lipinski definition) is 9. The third kappa shape index (κ3) is 7.64. The highest BCUT2D eigenvalue weighted by molar-refractivity contribution is 7.98. The summed E-state index contributed by atoms with van der Waals surface area (Å²) in [7, 11) is 0. The zero-order chi connectivity index (χ0) is 33.6. The van der Waals surface area contributed by atoms with Crippen molar-refractivity contribution in [2.24, 2.45) is 4.99 Å². The maximum Gasteiger partial charge on any atom is 0.340 e. The predicted molar refractivity (Wildman–Crippen MR) is 197 cm³/mol. The third-order valence-electron chi connectivity index (χ3n) is 9.57. The van der Waals surface area contributed by atoms with Crippen molar-refractivity contribution < 1.29 is 24.2 Å². The Kier molecular flexibility index (Phi) is 11.2. The summed E-state index contributed by atoms with van der Waals surface area (Å²) in [6, 6.07) is 19.8. The predicted octanol–water partition coefficient (Wildman–Crippen LogP) is 7.47. The molecule has 3 heterocycles. The minimum absolute atomic E-state index is 0.0906. The van der Waals surface area contributed by atoms with E-state index in [2.05, 4.69) is 33.8 Å². The number of aliphatic hydroxyl groups excluding tert-OH is 1. The van der Waals surface area contributed by atoms with Crippen molar-refractivity contribution in [1.29, 1.82) is 0 Å². The normalized spacial score (nSPS) is 18.9. The fourth-order valence-corrected chi connectivity index (χ4v) is 9.29. The Morgan fingerprint density at radius 2 is 1.54 bits per heavy atom. The van der Waals surface area contributed by atoms with Crippen LogP contribution in [0.4, 0.5) is 0 Å². The second-order valence-corrected chi connectivity index (χ2v) is 16.1. The average Bonchev–Trinajstić information content (AvgIpc) is 3.83. The lowest BCUT2D eigenvalue weighted by Gasteiger charge is -2.37. The number of benzene rings is 2. The van der Waals surface area contributed by atoms with Crippen molar-refractivity contribution in [3.8, 4) is 0 Å². The highest BCUT2D eigenvalue weighted by Crippen LogP contribution is 2.39. The van der Waals surface area contributed by atoms with E-state index >= 15 is 0 Å². The Bertz CT molecular complexity index is 1720. The van der Waals surface area contributed by atoms with E-state index in [1.165, 1.54) is 27.8 Å². The Balaban J connectivity index is 0.000000176. The molecule has 8 nitrogen and oxygen atoms in total. The van der Waals surface area contributed by atoms with Crippen LogP contribution in [0.3, 0.4) is 0 Å². The van der Waals surface area contributed by atoms with Crippen LogP contribution in [0.5, 0.6) is 0 Å². The molecule has 48 heavy (non-hydrogen) atoms. The molecule has 0 unspecified atom stereocenters. The van der Waals surface area contributed by atoms with Crippen LogP contribution in [0.25, 0.3) is 20.2 Å². The molecule has 2 amide bonds. The van der Waals surface area contributed by atoms with E-state index in [-0.39, 0.29) is 30.4 Å². The largest absolute Gasteiger partial charge is 0.404 e. The molecule has 4 aromatic rings. The first-order chi connectivity index (χ1) is 23.3. The Morgan fingerprint density at radius 3 is 2.17 bits per heavy atom. The van der Waals surface area contributed by atoms with Crippen LogP contribution in [0.15, 0.2) is 65.7 Å². The minimum Gasteiger partial charge on any atom is -0.404 e. The number of carbonyl (C=O) groups excluding carboxylic acids is 3. The maximum absolute atomic E-state index is 13.2. The monoisotopic (exact) mass is 705 g/mol. The van der Waals surface area contributed by atoms with Crippen molar-refractivity contribution in [1.82, 2.24) is 10.6 Å². The van der Waals surface area contributed by atoms with Gasteiger partial charge in [-0.2, -0.15) is 11.8 Å². The van der Waals surface area contributed by atoms with Crippen LogP contribution in [-0.4, -0.2) is 64.5 Å². The minimum atomic E-state index is -0.891. The first-order valence-electron chi connectivity index (χ1n) is 16.9. The number of fused-ring (bicyclic) bond motifs is 2. The molecule has 0 saturated heterocycles. The summed E-state index contributed by atoms with van der Waals surface area (Å²) in [5.74, 6) is 0.889. The highest BCUT2D eigenvalue weighted by Gasteiger charge is 2.47. The van der Waals surface area contributed by atoms with E-state index in [1.54, 1.807) is 23.1 Å². The number of hydrogen-bond donors (Lipinski definition) is 3. The lowest BCUT2D eigenvalue weighted by molar-refractivity contribution is -0.140. The SMILES string of the molecule is CSCC[C@@H](CO)NC(=O)C1(NC(=O)c2cc3ccccc3s2)CCCCC1.O=C1OC(c2cc3ccccc3s2)=NC12CCCCC2. The van der Waals surface area contributed by atoms with Gasteiger partial charge in [0, 0.05) is 9.40 Å². The van der Waals surface area contributed by atoms with Gasteiger partial charge in [0.15, 0.2) is 5.54 Å². The van der Waals surface area contributed by atoms with Crippen LogP contribution in [0.1, 0.15) is 85.2 Å². The molecule has 2 fully saturated rings. The summed E-state index contributed by atoms with van der Waals surface area (Å²) in [5, 5.41) is 17.9. The number of carbonyl (C=O) groups is 3. The molecule has 11 heteroatoms. The number of amides is 2. The molecule has 2 saturated carbocycles. The molecule has 3 aliphatic rings. The van der Waals surface area contributed by atoms with Crippen molar-refractivity contribution in [3.63, 3.8) is 0 Å². The second kappa shape index (κ2) is 15.5. The molecule has 1 aliphatic heterocycles. The summed E-state index contributed by atoms with van der Waals surface area (Å²) < 4.78 is 7.75. The average molecular weight is 706 g/mol. The zero-order valence-electron chi connectivity index (χ0n) is 27.3. The van der Waals surface area contributed by atoms with E-state index in [0.717, 1.165) is 65.7 Å². The van der Waals surface area contributed by atoms with Crippen molar-refractivity contribution in [2.45, 2.75) is 87.7 Å². The molecule has 1 atom stereocenters. The van der Waals surface area contributed by atoms with E-state index < -0.39 is 11.1 Å². The number of aliphatic hydroxyl groups is 1. The molecule has 2 aromatic heterocycles. The quantitative estimate of drug-likeness (QED) is 0.156. The summed E-state index contributed by atoms with van der Waals surface area (Å²) in [6.07, 6.45) is 11.9. The molecule has 3 N–H and O–H groups in total. The van der Waals surface area contributed by atoms with Crippen LogP contribution in [0, 0.1) is 0 Å². The molecule has 0 radical (unpaired) electrons. The Morgan fingerprint density at radius 1 is 0.917 bits per heavy atom. The van der Waals surface area contributed by atoms with E-state index in [4.69, 9.17) is 4.74 Å². The van der Waals surface area contributed by atoms with Gasteiger partial charge in [0.05, 0.1) is 22.4 Å². The number of cyclic esters (lactones) is 1. The summed E-state index contributed by atoms with van der Waals surface area (Å²) in [5.41, 5.74) is -1.47. The number of rotatable bonds is 9. The number of thioether (sulfide) groups is 1. The fraction of sp³-hybridized carbons (Fsp3) is 0.459. The summed E-state index contributed by atoms with van der Waals surface area (Å²) in [6.45, 7) is -0.0906. The molecule has 0 bridgehead atoms. The summed E-state index contributed by atoms with van der Waals surface area (Å²) in [4.78, 5) is 44.6. The zero-order valence-corrected chi connectivity index (χ0v) is 29.7. The Labute approximate surface area is 293 Å². The first-order valence-corrected chi connectivity index (χ1v) is 19.9. The van der Waals surface area contributed by atoms with Crippen molar-refractivity contribution >= 4 is 78.3 Å². The standard InChI is InChI=1S/C21H28N2O3S2.C16H15NO2S/c1-27-12-9-16(14-24)22-20(26)21(10-5-2-6-11-21)23-19(25)18-13-15-7-3-4-8-17(15)28-18;18-15-16(8-4-1-5-9-16)17-14(19-15)13-10-11-6-2-3-7-12(11)20-13/h3-4,7-8,13,16,24H,2,5-6,9-12,14H2,1H3,(H,22,26)(H,23,25);2-3,6-7,10H,1,4-5,8-9H2/t16-;/m0./s1. The van der Waals surface area contributed by atoms with Crippen LogP contribution in [-0.2, 0) is 14.3 Å². The number of aliphatic imine (C=N–C) groups is 1. The van der Waals surface area contributed by atoms with Crippen LogP contribution >= 0.6 is 34.4 Å². The van der Waals surface area contributed by atoms with Crippen molar-refractivity contribution in [3.05, 3.63) is 70.4 Å². The lowest BCUT2D eigenvalue weighted by Crippen LogP contribution is -2.61. The molecule has 7 rings (SSSR count). The van der Waals surface area contributed by atoms with E-state index in [9.17, 15) is 19.5 Å². The van der Waals surface area contributed by atoms with Gasteiger partial charge >= 0.3 is 5.97 Å². The molecule has 2 aliphatic carbocycles. The van der Waals surface area contributed by atoms with Gasteiger partial charge in [-0.25, -0.2) is 9.79 Å². The van der Waals surface area contributed by atoms with Gasteiger partial charge in [0.25, 0.3) is 5.91 Å². The van der Waals surface area contributed by atoms with Gasteiger partial charge in [-0.3, -0.25) is 9.59 Å². The van der Waals surface area contributed by atoms with Crippen LogP contribution in [0.2, 0.25) is 0 Å². The molecule has 254 valence electrons. The smallest absolute Gasteiger partial charge is 0.340 e.